The van der Waals surface area contributed by atoms with E-state index in [1.165, 1.54) is 43.2 Å². The van der Waals surface area contributed by atoms with Crippen LogP contribution in [0, 0.1) is 36.5 Å². The van der Waals surface area contributed by atoms with Crippen molar-refractivity contribution in [1.29, 1.82) is 0 Å². The normalized spacial score (nSPS) is 38.7. The van der Waals surface area contributed by atoms with Gasteiger partial charge in [-0.1, -0.05) is 23.7 Å². The van der Waals surface area contributed by atoms with Gasteiger partial charge in [0.2, 0.25) is 0 Å². The number of benzene rings is 1. The highest BCUT2D eigenvalue weighted by atomic mass is 35.5. The van der Waals surface area contributed by atoms with Crippen LogP contribution in [-0.4, -0.2) is 6.04 Å². The minimum Gasteiger partial charge on any atom is -0.327 e. The largest absolute Gasteiger partial charge is 0.327 e. The predicted molar refractivity (Wildman–Crippen MR) is 88.4 cm³/mol. The van der Waals surface area contributed by atoms with E-state index in [0.717, 1.165) is 41.0 Å². The summed E-state index contributed by atoms with van der Waals surface area (Å²) in [7, 11) is 0. The van der Waals surface area contributed by atoms with Gasteiger partial charge in [-0.25, -0.2) is 0 Å². The predicted octanol–water partition coefficient (Wildman–Crippen LogP) is 4.59. The Bertz CT molecular complexity index is 510. The van der Waals surface area contributed by atoms with E-state index in [9.17, 15) is 0 Å². The Morgan fingerprint density at radius 1 is 1.10 bits per heavy atom. The Labute approximate surface area is 133 Å². The van der Waals surface area contributed by atoms with Crippen LogP contribution in [0.1, 0.15) is 43.2 Å². The number of aryl methyl sites for hydroxylation is 1. The number of nitrogens with two attached hydrogens (primary N) is 1. The maximum absolute atomic E-state index is 6.68. The van der Waals surface area contributed by atoms with Crippen molar-refractivity contribution in [3.05, 3.63) is 34.3 Å². The van der Waals surface area contributed by atoms with Gasteiger partial charge in [-0.05, 0) is 92.2 Å². The fourth-order valence-corrected chi connectivity index (χ4v) is 6.19. The van der Waals surface area contributed by atoms with E-state index < -0.39 is 0 Å². The molecule has 4 saturated carbocycles. The number of hydrogen-bond donors (Lipinski definition) is 1. The maximum atomic E-state index is 6.68. The highest BCUT2D eigenvalue weighted by molar-refractivity contribution is 6.31. The van der Waals surface area contributed by atoms with E-state index in [0.29, 0.717) is 6.04 Å². The fraction of sp³-hybridized carbons (Fsp3) is 0.684. The molecule has 1 aromatic carbocycles. The van der Waals surface area contributed by atoms with Gasteiger partial charge in [-0.2, -0.15) is 0 Å². The first-order valence-corrected chi connectivity index (χ1v) is 8.98. The number of hydrogen-bond acceptors (Lipinski definition) is 1. The molecular weight excluding hydrogens is 278 g/mol. The average Bonchev–Trinajstić information content (AvgIpc) is 2.40. The maximum Gasteiger partial charge on any atom is 0.0441 e. The lowest BCUT2D eigenvalue weighted by Gasteiger charge is -2.56. The molecule has 4 bridgehead atoms. The molecule has 5 rings (SSSR count). The fourth-order valence-electron chi connectivity index (χ4n) is 5.87. The highest BCUT2D eigenvalue weighted by Gasteiger charge is 2.49. The average molecular weight is 304 g/mol. The molecule has 0 radical (unpaired) electrons. The first-order chi connectivity index (χ1) is 10.1. The molecule has 2 N–H and O–H groups in total. The van der Waals surface area contributed by atoms with Gasteiger partial charge < -0.3 is 5.73 Å². The van der Waals surface area contributed by atoms with Crippen molar-refractivity contribution in [2.45, 2.75) is 51.5 Å². The SMILES string of the molecule is Cc1ccc(CC(N)C2C3CC4CC(C3)CC2C4)c(Cl)c1. The molecule has 0 heterocycles. The van der Waals surface area contributed by atoms with E-state index in [4.69, 9.17) is 17.3 Å². The molecule has 1 atom stereocenters. The van der Waals surface area contributed by atoms with E-state index in [1.807, 2.05) is 0 Å². The molecule has 1 unspecified atom stereocenters. The van der Waals surface area contributed by atoms with E-state index in [1.54, 1.807) is 0 Å². The number of rotatable bonds is 3. The molecule has 4 fully saturated rings. The molecule has 1 nitrogen and oxygen atoms in total. The van der Waals surface area contributed by atoms with E-state index in [-0.39, 0.29) is 0 Å². The summed E-state index contributed by atoms with van der Waals surface area (Å²) in [4.78, 5) is 0. The zero-order valence-corrected chi connectivity index (χ0v) is 13.7. The second-order valence-electron chi connectivity index (χ2n) is 7.97. The molecule has 2 heteroatoms. The molecule has 0 aliphatic heterocycles. The van der Waals surface area contributed by atoms with Gasteiger partial charge in [-0.15, -0.1) is 0 Å². The van der Waals surface area contributed by atoms with Gasteiger partial charge in [0.15, 0.2) is 0 Å². The van der Waals surface area contributed by atoms with Crippen LogP contribution in [0.15, 0.2) is 18.2 Å². The lowest BCUT2D eigenvalue weighted by atomic mass is 9.50. The summed E-state index contributed by atoms with van der Waals surface area (Å²) in [5, 5.41) is 0.897. The lowest BCUT2D eigenvalue weighted by Crippen LogP contribution is -2.52. The Morgan fingerprint density at radius 2 is 1.71 bits per heavy atom. The molecular formula is C19H26ClN. The highest BCUT2D eigenvalue weighted by Crippen LogP contribution is 2.57. The van der Waals surface area contributed by atoms with Crippen LogP contribution >= 0.6 is 11.6 Å². The smallest absolute Gasteiger partial charge is 0.0441 e. The Kier molecular flexibility index (Phi) is 3.54. The van der Waals surface area contributed by atoms with Gasteiger partial charge in [0.25, 0.3) is 0 Å². The van der Waals surface area contributed by atoms with Crippen molar-refractivity contribution >= 4 is 11.6 Å². The van der Waals surface area contributed by atoms with Crippen LogP contribution in [0.4, 0.5) is 0 Å². The van der Waals surface area contributed by atoms with Crippen molar-refractivity contribution in [3.63, 3.8) is 0 Å². The summed E-state index contributed by atoms with van der Waals surface area (Å²) in [6.07, 6.45) is 8.27. The van der Waals surface area contributed by atoms with Crippen LogP contribution in [0.3, 0.4) is 0 Å². The van der Waals surface area contributed by atoms with Crippen LogP contribution in [0.25, 0.3) is 0 Å². The van der Waals surface area contributed by atoms with Gasteiger partial charge >= 0.3 is 0 Å². The summed E-state index contributed by atoms with van der Waals surface area (Å²) in [6.45, 7) is 2.09. The molecule has 0 spiro atoms. The third-order valence-electron chi connectivity index (χ3n) is 6.46. The van der Waals surface area contributed by atoms with E-state index in [2.05, 4.69) is 25.1 Å². The van der Waals surface area contributed by atoms with Gasteiger partial charge in [0.05, 0.1) is 0 Å². The third-order valence-corrected chi connectivity index (χ3v) is 6.81. The zero-order valence-electron chi connectivity index (χ0n) is 12.9. The van der Waals surface area contributed by atoms with E-state index >= 15 is 0 Å². The second kappa shape index (κ2) is 5.28. The van der Waals surface area contributed by atoms with Crippen LogP contribution in [-0.2, 0) is 6.42 Å². The molecule has 0 aromatic heterocycles. The minimum absolute atomic E-state index is 0.292. The Morgan fingerprint density at radius 3 is 2.29 bits per heavy atom. The van der Waals surface area contributed by atoms with Crippen molar-refractivity contribution in [1.82, 2.24) is 0 Å². The molecule has 4 aliphatic carbocycles. The zero-order chi connectivity index (χ0) is 14.6. The van der Waals surface area contributed by atoms with Gasteiger partial charge in [0, 0.05) is 11.1 Å². The van der Waals surface area contributed by atoms with Gasteiger partial charge in [-0.3, -0.25) is 0 Å². The molecule has 21 heavy (non-hydrogen) atoms. The molecule has 114 valence electrons. The Balaban J connectivity index is 1.51. The first-order valence-electron chi connectivity index (χ1n) is 8.60. The molecule has 4 aliphatic rings. The third kappa shape index (κ3) is 2.53. The van der Waals surface area contributed by atoms with Crippen LogP contribution in [0.2, 0.25) is 5.02 Å². The van der Waals surface area contributed by atoms with Crippen molar-refractivity contribution < 1.29 is 0 Å². The van der Waals surface area contributed by atoms with Crippen LogP contribution in [0.5, 0.6) is 0 Å². The van der Waals surface area contributed by atoms with Crippen molar-refractivity contribution in [3.8, 4) is 0 Å². The monoisotopic (exact) mass is 303 g/mol. The summed E-state index contributed by atoms with van der Waals surface area (Å²) >= 11 is 6.41. The molecule has 0 saturated heterocycles. The van der Waals surface area contributed by atoms with Crippen LogP contribution < -0.4 is 5.73 Å². The topological polar surface area (TPSA) is 26.0 Å². The summed E-state index contributed by atoms with van der Waals surface area (Å²) in [5.41, 5.74) is 9.15. The second-order valence-corrected chi connectivity index (χ2v) is 8.38. The standard InChI is InChI=1S/C19H26ClN/c1-11-2-3-14(17(20)4-11)10-18(21)19-15-6-12-5-13(8-15)9-16(19)7-12/h2-4,12-13,15-16,18-19H,5-10,21H2,1H3. The summed E-state index contributed by atoms with van der Waals surface area (Å²) in [6, 6.07) is 6.69. The lowest BCUT2D eigenvalue weighted by molar-refractivity contribution is -0.0464. The van der Waals surface area contributed by atoms with Crippen molar-refractivity contribution in [2.24, 2.45) is 35.3 Å². The van der Waals surface area contributed by atoms with Crippen molar-refractivity contribution in [2.75, 3.05) is 0 Å². The minimum atomic E-state index is 0.292. The molecule has 0 amide bonds. The van der Waals surface area contributed by atoms with Gasteiger partial charge in [0.1, 0.15) is 0 Å². The summed E-state index contributed by atoms with van der Waals surface area (Å²) in [5.74, 6) is 4.61. The first kappa shape index (κ1) is 14.1. The summed E-state index contributed by atoms with van der Waals surface area (Å²) < 4.78 is 0. The Hall–Kier alpha value is -0.530. The quantitative estimate of drug-likeness (QED) is 0.868. The molecule has 1 aromatic rings. The number of halogens is 1.